The zero-order chi connectivity index (χ0) is 15.0. The van der Waals surface area contributed by atoms with Gasteiger partial charge in [0, 0.05) is 19.4 Å². The quantitative estimate of drug-likeness (QED) is 0.300. The molecule has 2 atom stereocenters. The Hall–Kier alpha value is -1.95. The Balaban J connectivity index is 2.39. The van der Waals surface area contributed by atoms with Crippen molar-refractivity contribution < 1.29 is 24.0 Å². The van der Waals surface area contributed by atoms with Gasteiger partial charge in [0.15, 0.2) is 0 Å². The Kier molecular flexibility index (Phi) is 6.66. The van der Waals surface area contributed by atoms with Crippen molar-refractivity contribution in [1.82, 2.24) is 5.06 Å². The number of aldehydes is 1. The van der Waals surface area contributed by atoms with Crippen molar-refractivity contribution in [2.45, 2.75) is 12.8 Å². The van der Waals surface area contributed by atoms with Crippen LogP contribution in [0.3, 0.4) is 0 Å². The fraction of sp³-hybridized carbons (Fsp3) is 0.500. The molecule has 0 heterocycles. The maximum atomic E-state index is 12.1. The second-order valence-electron chi connectivity index (χ2n) is 4.36. The Morgan fingerprint density at radius 2 is 2.00 bits per heavy atom. The number of hydroxylamine groups is 2. The number of ether oxygens (including phenoxy) is 1. The van der Waals surface area contributed by atoms with Crippen LogP contribution in [-0.2, 0) is 24.0 Å². The van der Waals surface area contributed by atoms with E-state index in [-0.39, 0.29) is 24.9 Å². The van der Waals surface area contributed by atoms with Crippen LogP contribution in [0.1, 0.15) is 12.8 Å². The van der Waals surface area contributed by atoms with E-state index < -0.39 is 11.8 Å². The van der Waals surface area contributed by atoms with Gasteiger partial charge in [-0.25, -0.2) is 5.06 Å². The lowest BCUT2D eigenvalue weighted by Crippen LogP contribution is -2.36. The highest BCUT2D eigenvalue weighted by molar-refractivity contribution is 5.84. The first-order valence-corrected chi connectivity index (χ1v) is 6.37. The lowest BCUT2D eigenvalue weighted by Gasteiger charge is -2.24. The van der Waals surface area contributed by atoms with Gasteiger partial charge in [-0.2, -0.15) is 0 Å². The summed E-state index contributed by atoms with van der Waals surface area (Å²) >= 11 is 0. The average Bonchev–Trinajstić information content (AvgIpc) is 2.50. The molecule has 6 nitrogen and oxygen atoms in total. The van der Waals surface area contributed by atoms with Crippen LogP contribution >= 0.6 is 0 Å². The molecule has 0 aromatic rings. The summed E-state index contributed by atoms with van der Waals surface area (Å²) < 4.78 is 4.50. The third-order valence-corrected chi connectivity index (χ3v) is 2.97. The van der Waals surface area contributed by atoms with Gasteiger partial charge in [0.2, 0.25) is 0 Å². The summed E-state index contributed by atoms with van der Waals surface area (Å²) in [6.45, 7) is 0.232. The molecule has 110 valence electrons. The summed E-state index contributed by atoms with van der Waals surface area (Å²) in [5, 5.41) is 1.11. The first-order chi connectivity index (χ1) is 9.60. The van der Waals surface area contributed by atoms with E-state index >= 15 is 0 Å². The zero-order valence-electron chi connectivity index (χ0n) is 11.7. The number of allylic oxidation sites excluding steroid dienone is 3. The topological polar surface area (TPSA) is 72.9 Å². The van der Waals surface area contributed by atoms with Gasteiger partial charge in [-0.1, -0.05) is 24.3 Å². The van der Waals surface area contributed by atoms with Crippen LogP contribution in [0.2, 0.25) is 0 Å². The van der Waals surface area contributed by atoms with Crippen molar-refractivity contribution in [2.75, 3.05) is 20.8 Å². The molecule has 0 saturated heterocycles. The Labute approximate surface area is 118 Å². The van der Waals surface area contributed by atoms with Gasteiger partial charge in [0.25, 0.3) is 5.91 Å². The van der Waals surface area contributed by atoms with Crippen molar-refractivity contribution in [1.29, 1.82) is 0 Å². The van der Waals surface area contributed by atoms with Gasteiger partial charge in [0.1, 0.15) is 6.29 Å². The number of methoxy groups -OCH3 is 1. The SMILES string of the molecule is COC(=O)CCCON(C)C(=O)C1C=CC=CC1C=O. The van der Waals surface area contributed by atoms with E-state index in [1.807, 2.05) is 0 Å². The molecule has 0 saturated carbocycles. The minimum Gasteiger partial charge on any atom is -0.469 e. The van der Waals surface area contributed by atoms with E-state index in [4.69, 9.17) is 4.84 Å². The predicted molar refractivity (Wildman–Crippen MR) is 71.3 cm³/mol. The van der Waals surface area contributed by atoms with Gasteiger partial charge in [-0.15, -0.1) is 0 Å². The lowest BCUT2D eigenvalue weighted by molar-refractivity contribution is -0.183. The Morgan fingerprint density at radius 3 is 2.65 bits per heavy atom. The molecule has 0 aliphatic heterocycles. The van der Waals surface area contributed by atoms with Crippen LogP contribution in [0.4, 0.5) is 0 Å². The van der Waals surface area contributed by atoms with Crippen LogP contribution in [0, 0.1) is 11.8 Å². The van der Waals surface area contributed by atoms with Gasteiger partial charge in [0.05, 0.1) is 19.6 Å². The number of hydrogen-bond donors (Lipinski definition) is 0. The molecule has 1 aliphatic carbocycles. The Morgan fingerprint density at radius 1 is 1.30 bits per heavy atom. The number of hydrogen-bond acceptors (Lipinski definition) is 5. The maximum absolute atomic E-state index is 12.1. The van der Waals surface area contributed by atoms with E-state index in [9.17, 15) is 14.4 Å². The number of amides is 1. The standard InChI is InChI=1S/C14H19NO5/c1-15(20-9-5-8-13(17)19-2)14(18)12-7-4-3-6-11(12)10-16/h3-4,6-7,10-12H,5,8-9H2,1-2H3. The molecule has 0 N–H and O–H groups in total. The summed E-state index contributed by atoms with van der Waals surface area (Å²) in [5.74, 6) is -1.61. The number of carbonyl (C=O) groups excluding carboxylic acids is 3. The Bertz CT molecular complexity index is 416. The molecule has 20 heavy (non-hydrogen) atoms. The average molecular weight is 281 g/mol. The molecule has 2 unspecified atom stereocenters. The summed E-state index contributed by atoms with van der Waals surface area (Å²) in [4.78, 5) is 39.2. The summed E-state index contributed by atoms with van der Waals surface area (Å²) in [7, 11) is 2.82. The molecule has 1 rings (SSSR count). The molecular formula is C14H19NO5. The van der Waals surface area contributed by atoms with Crippen LogP contribution < -0.4 is 0 Å². The van der Waals surface area contributed by atoms with Gasteiger partial charge in [-0.05, 0) is 6.42 Å². The fourth-order valence-electron chi connectivity index (χ4n) is 1.79. The smallest absolute Gasteiger partial charge is 0.305 e. The predicted octanol–water partition coefficient (Wildman–Crippen LogP) is 0.887. The molecule has 0 aromatic carbocycles. The fourth-order valence-corrected chi connectivity index (χ4v) is 1.79. The molecule has 0 fully saturated rings. The van der Waals surface area contributed by atoms with Crippen LogP contribution in [0.5, 0.6) is 0 Å². The number of esters is 1. The zero-order valence-corrected chi connectivity index (χ0v) is 11.7. The van der Waals surface area contributed by atoms with Gasteiger partial charge >= 0.3 is 5.97 Å². The molecule has 0 radical (unpaired) electrons. The van der Waals surface area contributed by atoms with Crippen LogP contribution in [0.15, 0.2) is 24.3 Å². The molecule has 1 amide bonds. The van der Waals surface area contributed by atoms with E-state index in [0.29, 0.717) is 6.42 Å². The minimum atomic E-state index is -0.539. The van der Waals surface area contributed by atoms with E-state index in [1.165, 1.54) is 14.2 Å². The third-order valence-electron chi connectivity index (χ3n) is 2.97. The van der Waals surface area contributed by atoms with E-state index in [0.717, 1.165) is 11.3 Å². The maximum Gasteiger partial charge on any atom is 0.305 e. The van der Waals surface area contributed by atoms with Crippen LogP contribution in [0.25, 0.3) is 0 Å². The van der Waals surface area contributed by atoms with Crippen LogP contribution in [-0.4, -0.2) is 44.0 Å². The second-order valence-corrected chi connectivity index (χ2v) is 4.36. The molecule has 1 aliphatic rings. The number of rotatable bonds is 7. The van der Waals surface area contributed by atoms with Crippen molar-refractivity contribution in [2.24, 2.45) is 11.8 Å². The minimum absolute atomic E-state index is 0.232. The molecule has 6 heteroatoms. The molecule has 0 spiro atoms. The monoisotopic (exact) mass is 281 g/mol. The molecular weight excluding hydrogens is 262 g/mol. The lowest BCUT2D eigenvalue weighted by atomic mass is 9.89. The van der Waals surface area contributed by atoms with E-state index in [1.54, 1.807) is 24.3 Å². The summed E-state index contributed by atoms with van der Waals surface area (Å²) in [5.41, 5.74) is 0. The third kappa shape index (κ3) is 4.62. The second kappa shape index (κ2) is 8.27. The highest BCUT2D eigenvalue weighted by atomic mass is 16.7. The van der Waals surface area contributed by atoms with E-state index in [2.05, 4.69) is 4.74 Å². The van der Waals surface area contributed by atoms with Gasteiger partial charge < -0.3 is 9.53 Å². The first kappa shape index (κ1) is 16.1. The normalized spacial score (nSPS) is 20.5. The van der Waals surface area contributed by atoms with Crippen molar-refractivity contribution in [3.63, 3.8) is 0 Å². The molecule has 0 aromatic heterocycles. The van der Waals surface area contributed by atoms with Gasteiger partial charge in [-0.3, -0.25) is 14.4 Å². The van der Waals surface area contributed by atoms with Crippen molar-refractivity contribution >= 4 is 18.2 Å². The first-order valence-electron chi connectivity index (χ1n) is 6.37. The van der Waals surface area contributed by atoms with Crippen molar-refractivity contribution in [3.05, 3.63) is 24.3 Å². The largest absolute Gasteiger partial charge is 0.469 e. The van der Waals surface area contributed by atoms with Crippen molar-refractivity contribution in [3.8, 4) is 0 Å². The molecule has 0 bridgehead atoms. The highest BCUT2D eigenvalue weighted by Crippen LogP contribution is 2.20. The highest BCUT2D eigenvalue weighted by Gasteiger charge is 2.28. The number of nitrogens with zero attached hydrogens (tertiary/aromatic N) is 1. The number of carbonyl (C=O) groups is 3. The summed E-state index contributed by atoms with van der Waals surface area (Å²) in [6, 6.07) is 0. The summed E-state index contributed by atoms with van der Waals surface area (Å²) in [6.07, 6.45) is 8.27.